The molecule has 4 aromatic rings. The molecule has 0 aliphatic heterocycles. The van der Waals surface area contributed by atoms with Gasteiger partial charge in [0, 0.05) is 24.3 Å². The first-order chi connectivity index (χ1) is 30.6. The maximum Gasteiger partial charge on any atom is 0.501 e. The van der Waals surface area contributed by atoms with Crippen LogP contribution in [0.15, 0.2) is 112 Å². The zero-order chi connectivity index (χ0) is 52.6. The molecular weight excluding hydrogens is 1130 g/mol. The van der Waals surface area contributed by atoms with Crippen LogP contribution in [0, 0.1) is 40.5 Å². The van der Waals surface area contributed by atoms with Crippen molar-refractivity contribution in [2.75, 3.05) is 0 Å². The minimum atomic E-state index is -5.92. The normalized spacial score (nSPS) is 13.0. The number of nitro benzene ring substituents is 4. The Labute approximate surface area is 383 Å². The van der Waals surface area contributed by atoms with E-state index in [1.807, 2.05) is 0 Å². The van der Waals surface area contributed by atoms with Crippen molar-refractivity contribution in [2.45, 2.75) is 61.2 Å². The molecule has 0 aromatic heterocycles. The molecule has 0 fully saturated rings. The number of sulfone groups is 4. The lowest BCUT2D eigenvalue weighted by Crippen LogP contribution is -2.23. The Balaban J connectivity index is 0.000000360. The van der Waals surface area contributed by atoms with E-state index in [1.54, 1.807) is 0 Å². The quantitative estimate of drug-likeness (QED) is 0.0490. The van der Waals surface area contributed by atoms with Gasteiger partial charge in [0.05, 0.1) is 58.9 Å². The van der Waals surface area contributed by atoms with Crippen molar-refractivity contribution in [1.29, 1.82) is 0 Å². The first-order valence-electron chi connectivity index (χ1n) is 15.7. The third-order valence-electron chi connectivity index (χ3n) is 7.41. The van der Waals surface area contributed by atoms with Gasteiger partial charge in [-0.3, -0.25) is 40.5 Å². The molecule has 372 valence electrons. The molecule has 0 spiro atoms. The Kier molecular flexibility index (Phi) is 16.9. The molecule has 0 aliphatic carbocycles. The second-order valence-electron chi connectivity index (χ2n) is 11.7. The maximum absolute atomic E-state index is 12.7. The maximum atomic E-state index is 12.7. The number of halogens is 12. The van der Waals surface area contributed by atoms with Gasteiger partial charge in [-0.1, -0.05) is 0 Å². The zero-order valence-corrected chi connectivity index (χ0v) is 37.6. The van der Waals surface area contributed by atoms with E-state index < -0.39 is 143 Å². The highest BCUT2D eigenvalue weighted by molar-refractivity contribution is 8.77. The third kappa shape index (κ3) is 12.3. The van der Waals surface area contributed by atoms with Crippen LogP contribution < -0.4 is 0 Å². The molecule has 0 aliphatic rings. The van der Waals surface area contributed by atoms with E-state index in [2.05, 4.69) is 0 Å². The first-order valence-corrected chi connectivity index (χ1v) is 25.9. The first kappa shape index (κ1) is 57.2. The van der Waals surface area contributed by atoms with Crippen LogP contribution in [0.5, 0.6) is 0 Å². The fraction of sp³-hybridized carbons (Fsp3) is 0.143. The second kappa shape index (κ2) is 20.1. The molecule has 0 amide bonds. The van der Waals surface area contributed by atoms with Crippen LogP contribution in [0.25, 0.3) is 0 Å². The van der Waals surface area contributed by atoms with Gasteiger partial charge in [0.15, 0.2) is 0 Å². The minimum Gasteiger partial charge on any atom is -0.258 e. The van der Waals surface area contributed by atoms with Gasteiger partial charge in [-0.2, -0.15) is 52.7 Å². The largest absolute Gasteiger partial charge is 0.501 e. The lowest BCUT2D eigenvalue weighted by atomic mass is 10.3. The van der Waals surface area contributed by atoms with E-state index in [-0.39, 0.29) is 24.3 Å². The summed E-state index contributed by atoms with van der Waals surface area (Å²) in [7, 11) is -22.4. The van der Waals surface area contributed by atoms with Gasteiger partial charge in [0.2, 0.25) is 0 Å². The van der Waals surface area contributed by atoms with Gasteiger partial charge < -0.3 is 0 Å². The number of hydrogen-bond donors (Lipinski definition) is 0. The summed E-state index contributed by atoms with van der Waals surface area (Å²) < 4.78 is 244. The van der Waals surface area contributed by atoms with Crippen molar-refractivity contribution in [3.63, 3.8) is 0 Å². The highest BCUT2D eigenvalue weighted by Crippen LogP contribution is 2.49. The molecule has 0 saturated carbocycles. The topological polar surface area (TPSA) is 309 Å². The number of alkyl halides is 12. The Bertz CT molecular complexity index is 2750. The van der Waals surface area contributed by atoms with Gasteiger partial charge in [-0.05, 0) is 91.7 Å². The summed E-state index contributed by atoms with van der Waals surface area (Å²) in [5.74, 6) is 0. The van der Waals surface area contributed by atoms with E-state index in [9.17, 15) is 127 Å². The van der Waals surface area contributed by atoms with E-state index >= 15 is 0 Å². The molecule has 0 saturated heterocycles. The molecule has 20 nitrogen and oxygen atoms in total. The van der Waals surface area contributed by atoms with Crippen molar-refractivity contribution < 1.29 is 106 Å². The lowest BCUT2D eigenvalue weighted by molar-refractivity contribution is -0.388. The minimum absolute atomic E-state index is 0.124. The van der Waals surface area contributed by atoms with Gasteiger partial charge in [-0.15, -0.1) is 0 Å². The molecule has 0 radical (unpaired) electrons. The van der Waals surface area contributed by atoms with Crippen LogP contribution >= 0.6 is 43.2 Å². The standard InChI is InChI=1S/2C14H6F6N2O8S4/c2*15-13(16,17)33(27,28)7-1-3-11(9(5-7)21(23)24)31-32-12-4-2-8(6-10(12)22(25)26)34(29,30)14(18,19)20/h2*1-6H. The molecule has 68 heavy (non-hydrogen) atoms. The predicted molar refractivity (Wildman–Crippen MR) is 209 cm³/mol. The van der Waals surface area contributed by atoms with E-state index in [4.69, 9.17) is 0 Å². The Morgan fingerprint density at radius 2 is 0.471 bits per heavy atom. The third-order valence-corrected chi connectivity index (χ3v) is 18.3. The monoisotopic (exact) mass is 1140 g/mol. The lowest BCUT2D eigenvalue weighted by Gasteiger charge is -2.10. The molecule has 0 atom stereocenters. The number of nitrogens with zero attached hydrogens (tertiary/aromatic N) is 4. The number of rotatable bonds is 14. The van der Waals surface area contributed by atoms with Gasteiger partial charge in [0.25, 0.3) is 62.1 Å². The average Bonchev–Trinajstić information content (AvgIpc) is 3.20. The van der Waals surface area contributed by atoms with Crippen LogP contribution in [-0.2, 0) is 39.3 Å². The summed E-state index contributed by atoms with van der Waals surface area (Å²) in [4.78, 5) is 32.4. The molecular formula is C28H12F12N4O16S8. The van der Waals surface area contributed by atoms with Crippen LogP contribution in [0.1, 0.15) is 0 Å². The number of nitro groups is 4. The number of hydrogen-bond acceptors (Lipinski definition) is 20. The summed E-state index contributed by atoms with van der Waals surface area (Å²) in [6.07, 6.45) is 0. The fourth-order valence-electron chi connectivity index (χ4n) is 4.22. The smallest absolute Gasteiger partial charge is 0.258 e. The van der Waals surface area contributed by atoms with Crippen LogP contribution in [0.2, 0.25) is 0 Å². The van der Waals surface area contributed by atoms with Crippen LogP contribution in [0.4, 0.5) is 75.4 Å². The summed E-state index contributed by atoms with van der Waals surface area (Å²) >= 11 is 0. The van der Waals surface area contributed by atoms with Gasteiger partial charge >= 0.3 is 22.0 Å². The molecule has 0 bridgehead atoms. The highest BCUT2D eigenvalue weighted by atomic mass is 33.1. The molecule has 40 heteroatoms. The predicted octanol–water partition coefficient (Wildman–Crippen LogP) is 9.78. The second-order valence-corrected chi connectivity index (χ2v) is 23.9. The van der Waals surface area contributed by atoms with Crippen molar-refractivity contribution in [1.82, 2.24) is 0 Å². The summed E-state index contributed by atoms with van der Waals surface area (Å²) in [5.41, 5.74) is -27.4. The van der Waals surface area contributed by atoms with E-state index in [0.717, 1.165) is 0 Å². The van der Waals surface area contributed by atoms with Gasteiger partial charge in [-0.25, -0.2) is 33.7 Å². The molecule has 0 heterocycles. The van der Waals surface area contributed by atoms with Crippen LogP contribution in [0.3, 0.4) is 0 Å². The Morgan fingerprint density at radius 1 is 0.324 bits per heavy atom. The van der Waals surface area contributed by atoms with Crippen molar-refractivity contribution >= 4 is 105 Å². The summed E-state index contributed by atoms with van der Waals surface area (Å²) in [5, 5.41) is 44.8. The number of benzene rings is 4. The molecule has 4 aromatic carbocycles. The van der Waals surface area contributed by atoms with Gasteiger partial charge in [0.1, 0.15) is 0 Å². The zero-order valence-electron chi connectivity index (χ0n) is 31.1. The SMILES string of the molecule is O=[N+]([O-])c1cc(S(=O)(=O)C(F)(F)F)ccc1SSc1ccc(S(=O)(=O)C(F)(F)F)cc1[N+](=O)[O-].O=[N+]([O-])c1cc(S(=O)(=O)C(F)(F)F)ccc1SSc1ccc(S(=O)(=O)C(F)(F)F)cc1[N+](=O)[O-]. The fourth-order valence-corrected chi connectivity index (χ4v) is 11.8. The molecule has 4 rings (SSSR count). The molecule has 0 unspecified atom stereocenters. The Hall–Kier alpha value is -5.16. The molecule has 0 N–H and O–H groups in total. The highest BCUT2D eigenvalue weighted by Gasteiger charge is 2.50. The Morgan fingerprint density at radius 3 is 0.588 bits per heavy atom. The van der Waals surface area contributed by atoms with Crippen molar-refractivity contribution in [3.05, 3.63) is 113 Å². The van der Waals surface area contributed by atoms with Crippen LogP contribution in [-0.4, -0.2) is 75.4 Å². The average molecular weight is 1140 g/mol. The van der Waals surface area contributed by atoms with E-state index in [0.29, 0.717) is 91.7 Å². The van der Waals surface area contributed by atoms with E-state index in [1.165, 1.54) is 0 Å². The summed E-state index contributed by atoms with van der Waals surface area (Å²) in [6, 6.07) is 4.64. The van der Waals surface area contributed by atoms with Crippen molar-refractivity contribution in [2.24, 2.45) is 0 Å². The summed E-state index contributed by atoms with van der Waals surface area (Å²) in [6.45, 7) is 0. The van der Waals surface area contributed by atoms with Crippen molar-refractivity contribution in [3.8, 4) is 0 Å².